The highest BCUT2D eigenvalue weighted by molar-refractivity contribution is 8.01. The first-order valence-corrected chi connectivity index (χ1v) is 20.1. The Bertz CT molecular complexity index is 2540. The summed E-state index contributed by atoms with van der Waals surface area (Å²) in [4.78, 5) is 11.6. The van der Waals surface area contributed by atoms with Gasteiger partial charge in [-0.05, 0) is 83.2 Å². The molecule has 0 fully saturated rings. The van der Waals surface area contributed by atoms with Crippen LogP contribution >= 0.6 is 0 Å². The molecule has 0 amide bonds. The Morgan fingerprint density at radius 3 is 1.70 bits per heavy atom. The van der Waals surface area contributed by atoms with Crippen molar-refractivity contribution in [2.75, 3.05) is 32.6 Å². The van der Waals surface area contributed by atoms with Crippen molar-refractivity contribution in [2.45, 2.75) is 7.43 Å². The van der Waals surface area contributed by atoms with E-state index in [1.807, 2.05) is 97.3 Å². The zero-order valence-electron chi connectivity index (χ0n) is 28.2. The molecule has 0 saturated heterocycles. The number of anilines is 6. The zero-order valence-corrected chi connectivity index (χ0v) is 29.8. The van der Waals surface area contributed by atoms with E-state index in [0.717, 1.165) is 44.2 Å². The smallest absolute Gasteiger partial charge is 0.299 e. The molecule has 53 heavy (non-hydrogen) atoms. The maximum absolute atomic E-state index is 11.8. The number of rotatable bonds is 10. The van der Waals surface area contributed by atoms with E-state index in [9.17, 15) is 8.42 Å². The molecule has 2 unspecified atom stereocenters. The van der Waals surface area contributed by atoms with Gasteiger partial charge in [-0.15, -0.1) is 0 Å². The van der Waals surface area contributed by atoms with Gasteiger partial charge in [-0.2, -0.15) is 5.10 Å². The molecule has 2 atom stereocenters. The molecule has 272 valence electrons. The van der Waals surface area contributed by atoms with E-state index < -0.39 is 19.4 Å². The molecule has 4 aromatic carbocycles. The molecule has 8 rings (SSSR count). The average molecular weight is 750 g/mol. The van der Waals surface area contributed by atoms with Crippen LogP contribution in [0.2, 0.25) is 0 Å². The largest absolute Gasteiger partial charge is 0.423 e. The van der Waals surface area contributed by atoms with Gasteiger partial charge < -0.3 is 33.9 Å². The van der Waals surface area contributed by atoms with Gasteiger partial charge in [0.1, 0.15) is 0 Å². The molecule has 0 saturated carbocycles. The van der Waals surface area contributed by atoms with E-state index in [1.54, 1.807) is 31.1 Å². The number of nitrogens with zero attached hydrogens (tertiary/aromatic N) is 3. The number of oxazole rings is 2. The molecule has 0 spiro atoms. The van der Waals surface area contributed by atoms with E-state index in [1.165, 1.54) is 0 Å². The van der Waals surface area contributed by atoms with Crippen LogP contribution in [0.1, 0.15) is 7.43 Å². The van der Waals surface area contributed by atoms with E-state index in [4.69, 9.17) is 8.83 Å². The molecule has 13 nitrogen and oxygen atoms in total. The Morgan fingerprint density at radius 2 is 1.13 bits per heavy atom. The SMILES string of the molecule is C.C=S(C)(=O)Nc1cccc(Nc2ncc(-c3ccc4[nH]ncc4c3)o2)c1.C=S(C)(=O)Nc1cccc(Nc2ncc(-c3ccc4c[nH]cc4c3)o2)c1. The standard InChI is InChI=1S/C19H18N4O2S.C18H17N5O2S.CH4/c1-26(2,24)23-17-5-3-4-16(9-17)22-19-21-12-18(25-19)13-6-7-14-10-20-11-15(14)8-13;1-26(2,24)23-15-5-3-4-14(9-15)21-18-19-11-17(25-18)12-6-7-16-13(8-12)10-20-22-16;/h3-12,20H,1H2,2H3,(H,21,22)(H,23,24);3-11H,1H2,2H3,(H,19,21)(H,20,22)(H,23,24);1H4. The lowest BCUT2D eigenvalue weighted by atomic mass is 10.1. The molecule has 0 aliphatic rings. The first-order chi connectivity index (χ1) is 24.9. The van der Waals surface area contributed by atoms with Crippen LogP contribution in [0.3, 0.4) is 0 Å². The van der Waals surface area contributed by atoms with Gasteiger partial charge in [-0.1, -0.05) is 31.7 Å². The van der Waals surface area contributed by atoms with Gasteiger partial charge in [0.15, 0.2) is 11.5 Å². The quantitative estimate of drug-likeness (QED) is 0.0748. The van der Waals surface area contributed by atoms with Crippen LogP contribution in [0.4, 0.5) is 34.8 Å². The molecule has 4 heterocycles. The molecule has 0 aliphatic heterocycles. The van der Waals surface area contributed by atoms with Gasteiger partial charge >= 0.3 is 0 Å². The average Bonchev–Trinajstić information content (AvgIpc) is 3.91. The number of hydrogen-bond donors (Lipinski definition) is 6. The van der Waals surface area contributed by atoms with Crippen LogP contribution < -0.4 is 20.1 Å². The highest BCUT2D eigenvalue weighted by atomic mass is 32.2. The first kappa shape index (κ1) is 36.3. The maximum Gasteiger partial charge on any atom is 0.299 e. The molecule has 0 radical (unpaired) electrons. The summed E-state index contributed by atoms with van der Waals surface area (Å²) in [6.07, 6.45) is 12.1. The number of fused-ring (bicyclic) bond motifs is 2. The summed E-state index contributed by atoms with van der Waals surface area (Å²) in [6, 6.07) is 27.4. The summed E-state index contributed by atoms with van der Waals surface area (Å²) in [5.41, 5.74) is 5.78. The summed E-state index contributed by atoms with van der Waals surface area (Å²) >= 11 is 0. The maximum atomic E-state index is 11.8. The van der Waals surface area contributed by atoms with Crippen LogP contribution in [0.15, 0.2) is 125 Å². The normalized spacial score (nSPS) is 13.2. The van der Waals surface area contributed by atoms with Crippen LogP contribution in [0.5, 0.6) is 0 Å². The molecule has 0 aliphatic carbocycles. The van der Waals surface area contributed by atoms with Crippen molar-refractivity contribution < 1.29 is 17.3 Å². The first-order valence-electron chi connectivity index (χ1n) is 15.8. The molecule has 0 bridgehead atoms. The molecule has 8 aromatic rings. The molecule has 6 N–H and O–H groups in total. The molecule has 4 aromatic heterocycles. The summed E-state index contributed by atoms with van der Waals surface area (Å²) in [7, 11) is -4.67. The Labute approximate surface area is 307 Å². The molecular weight excluding hydrogens is 711 g/mol. The van der Waals surface area contributed by atoms with Crippen LogP contribution in [0, 0.1) is 0 Å². The zero-order chi connectivity index (χ0) is 36.3. The summed E-state index contributed by atoms with van der Waals surface area (Å²) < 4.78 is 40.9. The van der Waals surface area contributed by atoms with Crippen molar-refractivity contribution in [3.8, 4) is 22.6 Å². The summed E-state index contributed by atoms with van der Waals surface area (Å²) in [6.45, 7) is 0. The lowest BCUT2D eigenvalue weighted by Crippen LogP contribution is -2.09. The molecular formula is C38H39N9O4S2. The van der Waals surface area contributed by atoms with Crippen molar-refractivity contribution >= 4 is 87.6 Å². The van der Waals surface area contributed by atoms with E-state index >= 15 is 0 Å². The van der Waals surface area contributed by atoms with Crippen molar-refractivity contribution in [1.29, 1.82) is 0 Å². The van der Waals surface area contributed by atoms with E-state index in [2.05, 4.69) is 57.0 Å². The van der Waals surface area contributed by atoms with Gasteiger partial charge in [0.05, 0.1) is 24.1 Å². The van der Waals surface area contributed by atoms with E-state index in [-0.39, 0.29) is 7.43 Å². The second-order valence-corrected chi connectivity index (χ2v) is 16.6. The van der Waals surface area contributed by atoms with E-state index in [0.29, 0.717) is 34.9 Å². The minimum absolute atomic E-state index is 0. The topological polar surface area (TPSA) is 179 Å². The number of aromatic amines is 2. The predicted molar refractivity (Wildman–Crippen MR) is 221 cm³/mol. The fourth-order valence-corrected chi connectivity index (χ4v) is 6.55. The van der Waals surface area contributed by atoms with Crippen LogP contribution in [-0.4, -0.2) is 57.8 Å². The van der Waals surface area contributed by atoms with Crippen molar-refractivity contribution in [3.63, 3.8) is 0 Å². The predicted octanol–water partition coefficient (Wildman–Crippen LogP) is 8.51. The fraction of sp³-hybridized carbons (Fsp3) is 0.0789. The Hall–Kier alpha value is -6.45. The minimum atomic E-state index is -2.34. The van der Waals surface area contributed by atoms with Gasteiger partial charge in [-0.3, -0.25) is 5.10 Å². The number of aromatic nitrogens is 5. The highest BCUT2D eigenvalue weighted by Gasteiger charge is 2.10. The van der Waals surface area contributed by atoms with Crippen molar-refractivity contribution in [2.24, 2.45) is 0 Å². The van der Waals surface area contributed by atoms with Crippen LogP contribution in [0.25, 0.3) is 44.3 Å². The van der Waals surface area contributed by atoms with Gasteiger partial charge in [0.25, 0.3) is 12.0 Å². The minimum Gasteiger partial charge on any atom is -0.423 e. The van der Waals surface area contributed by atoms with Gasteiger partial charge in [0, 0.05) is 83.6 Å². The third-order valence-electron chi connectivity index (χ3n) is 7.48. The number of benzene rings is 4. The second kappa shape index (κ2) is 15.0. The lowest BCUT2D eigenvalue weighted by molar-refractivity contribution is 0.592. The van der Waals surface area contributed by atoms with Crippen LogP contribution in [-0.2, 0) is 19.4 Å². The monoisotopic (exact) mass is 749 g/mol. The Morgan fingerprint density at radius 1 is 0.623 bits per heavy atom. The lowest BCUT2D eigenvalue weighted by Gasteiger charge is -2.09. The number of H-pyrrole nitrogens is 2. The third kappa shape index (κ3) is 9.46. The van der Waals surface area contributed by atoms with Crippen molar-refractivity contribution in [1.82, 2.24) is 25.1 Å². The Kier molecular flexibility index (Phi) is 10.3. The summed E-state index contributed by atoms with van der Waals surface area (Å²) in [5.74, 6) is 8.52. The number of hydrogen-bond acceptors (Lipinski definition) is 9. The second-order valence-electron chi connectivity index (χ2n) is 12.2. The number of nitrogens with one attached hydrogen (secondary N) is 6. The third-order valence-corrected chi connectivity index (χ3v) is 8.82. The van der Waals surface area contributed by atoms with Crippen molar-refractivity contribution in [3.05, 3.63) is 116 Å². The molecule has 15 heteroatoms. The fourth-order valence-electron chi connectivity index (χ4n) is 5.30. The Balaban J connectivity index is 0.000000178. The summed E-state index contributed by atoms with van der Waals surface area (Å²) in [5, 5.41) is 16.4. The highest BCUT2D eigenvalue weighted by Crippen LogP contribution is 2.29. The van der Waals surface area contributed by atoms with Gasteiger partial charge in [-0.25, -0.2) is 18.4 Å². The van der Waals surface area contributed by atoms with Gasteiger partial charge in [0.2, 0.25) is 0 Å².